The lowest BCUT2D eigenvalue weighted by Crippen LogP contribution is -2.30. The number of rotatable bonds is 69. The van der Waals surface area contributed by atoms with Gasteiger partial charge >= 0.3 is 39.5 Å². The number of unbranched alkanes of at least 4 members (excludes halogenated alkanes) is 36. The van der Waals surface area contributed by atoms with Crippen molar-refractivity contribution in [1.29, 1.82) is 0 Å². The Balaban J connectivity index is 5.28. The molecule has 0 fully saturated rings. The third-order valence-electron chi connectivity index (χ3n) is 16.1. The second-order valence-electron chi connectivity index (χ2n) is 26.2. The SMILES string of the molecule is CCCCCC/C=C\C=C/CCCCCCCC(=O)O[C@H](COC(=O)CCCCCCCCCCCCCC(C)C)COP(=O)(O)OC[C@@H](O)COP(=O)(O)OC[C@@H](COC(=O)CCCCCCCCCCC)OC(=O)CCCCCCCCCCCCC(C)C. The van der Waals surface area contributed by atoms with E-state index in [4.69, 9.17) is 37.0 Å². The molecule has 91 heavy (non-hydrogen) atoms. The largest absolute Gasteiger partial charge is 0.472 e. The second-order valence-corrected chi connectivity index (χ2v) is 29.2. The maximum absolute atomic E-state index is 13.0. The number of esters is 4. The van der Waals surface area contributed by atoms with Gasteiger partial charge in [-0.1, -0.05) is 291 Å². The molecule has 5 atom stereocenters. The molecule has 0 spiro atoms. The van der Waals surface area contributed by atoms with E-state index in [1.807, 2.05) is 0 Å². The van der Waals surface area contributed by atoms with E-state index in [9.17, 15) is 43.2 Å². The summed E-state index contributed by atoms with van der Waals surface area (Å²) in [7, 11) is -9.91. The topological polar surface area (TPSA) is 237 Å². The monoisotopic (exact) mass is 1330 g/mol. The number of phosphoric ester groups is 2. The smallest absolute Gasteiger partial charge is 0.462 e. The van der Waals surface area contributed by atoms with Gasteiger partial charge in [-0.2, -0.15) is 0 Å². The Labute approximate surface area is 554 Å². The first-order valence-electron chi connectivity index (χ1n) is 36.8. The molecule has 0 aliphatic carbocycles. The third kappa shape index (κ3) is 66.0. The number of allylic oxidation sites excluding steroid dienone is 4. The number of hydrogen-bond donors (Lipinski definition) is 3. The molecule has 0 aromatic carbocycles. The highest BCUT2D eigenvalue weighted by atomic mass is 31.2. The van der Waals surface area contributed by atoms with E-state index in [1.54, 1.807) is 0 Å². The molecule has 0 saturated carbocycles. The molecule has 0 radical (unpaired) electrons. The second kappa shape index (κ2) is 63.6. The molecule has 0 aliphatic rings. The fraction of sp³-hybridized carbons (Fsp3) is 0.889. The minimum absolute atomic E-state index is 0.0848. The van der Waals surface area contributed by atoms with E-state index in [0.29, 0.717) is 25.7 Å². The molecule has 17 nitrogen and oxygen atoms in total. The number of aliphatic hydroxyl groups excluding tert-OH is 1. The molecule has 0 aromatic heterocycles. The van der Waals surface area contributed by atoms with Crippen LogP contribution in [0.4, 0.5) is 0 Å². The van der Waals surface area contributed by atoms with E-state index in [2.05, 4.69) is 65.8 Å². The van der Waals surface area contributed by atoms with Crippen LogP contribution in [0.1, 0.15) is 343 Å². The molecule has 2 unspecified atom stereocenters. The van der Waals surface area contributed by atoms with Gasteiger partial charge in [-0.3, -0.25) is 37.3 Å². The Morgan fingerprint density at radius 1 is 0.341 bits per heavy atom. The van der Waals surface area contributed by atoms with E-state index < -0.39 is 97.5 Å². The molecule has 19 heteroatoms. The molecule has 0 aliphatic heterocycles. The average molecular weight is 1340 g/mol. The van der Waals surface area contributed by atoms with E-state index >= 15 is 0 Å². The van der Waals surface area contributed by atoms with Crippen molar-refractivity contribution in [2.45, 2.75) is 362 Å². The van der Waals surface area contributed by atoms with Gasteiger partial charge < -0.3 is 33.8 Å². The predicted molar refractivity (Wildman–Crippen MR) is 367 cm³/mol. The Morgan fingerprint density at radius 2 is 0.593 bits per heavy atom. The van der Waals surface area contributed by atoms with Gasteiger partial charge in [-0.25, -0.2) is 9.13 Å². The molecule has 0 aromatic rings. The summed E-state index contributed by atoms with van der Waals surface area (Å²) in [4.78, 5) is 72.6. The third-order valence-corrected chi connectivity index (χ3v) is 18.0. The van der Waals surface area contributed by atoms with Crippen molar-refractivity contribution in [2.24, 2.45) is 11.8 Å². The number of carbonyl (C=O) groups excluding carboxylic acids is 4. The molecule has 0 bridgehead atoms. The fourth-order valence-corrected chi connectivity index (χ4v) is 12.0. The number of ether oxygens (including phenoxy) is 4. The lowest BCUT2D eigenvalue weighted by molar-refractivity contribution is -0.161. The van der Waals surface area contributed by atoms with E-state index in [1.165, 1.54) is 148 Å². The lowest BCUT2D eigenvalue weighted by atomic mass is 10.0. The van der Waals surface area contributed by atoms with Crippen LogP contribution in [-0.2, 0) is 65.4 Å². The van der Waals surface area contributed by atoms with Gasteiger partial charge in [0.05, 0.1) is 26.4 Å². The highest BCUT2D eigenvalue weighted by Crippen LogP contribution is 2.45. The summed E-state index contributed by atoms with van der Waals surface area (Å²) in [5.74, 6) is -0.634. The standard InChI is InChI=1S/C72H136O17P2/c1-7-9-11-13-15-17-18-19-20-21-24-32-38-44-50-56-71(76)88-68(61-83-70(75)55-49-43-37-31-25-22-23-29-34-40-46-52-64(3)4)63-87-91(80,81)85-59-66(73)58-84-90(78,79)86-62-67(60-82-69(74)54-48-42-36-28-16-14-12-10-8-2)89-72(77)57-51-45-39-33-27-26-30-35-41-47-53-65(5)6/h17-20,64-68,73H,7-16,21-63H2,1-6H3,(H,78,79)(H,80,81)/b18-17-,20-19-/t66-,67+,68+/m0/s1. The number of hydrogen-bond acceptors (Lipinski definition) is 15. The molecular weight excluding hydrogens is 1200 g/mol. The fourth-order valence-electron chi connectivity index (χ4n) is 10.4. The van der Waals surface area contributed by atoms with E-state index in [0.717, 1.165) is 115 Å². The molecule has 536 valence electrons. The normalized spacial score (nSPS) is 14.3. The van der Waals surface area contributed by atoms with Gasteiger partial charge in [-0.15, -0.1) is 0 Å². The van der Waals surface area contributed by atoms with Gasteiger partial charge in [0.2, 0.25) is 0 Å². The maximum atomic E-state index is 13.0. The Kier molecular flexibility index (Phi) is 61.9. The van der Waals surface area contributed by atoms with Crippen LogP contribution >= 0.6 is 15.6 Å². The van der Waals surface area contributed by atoms with Crippen LogP contribution in [0.3, 0.4) is 0 Å². The minimum atomic E-state index is -4.96. The Bertz CT molecular complexity index is 1860. The lowest BCUT2D eigenvalue weighted by Gasteiger charge is -2.21. The maximum Gasteiger partial charge on any atom is 0.472 e. The van der Waals surface area contributed by atoms with Crippen LogP contribution in [0.15, 0.2) is 24.3 Å². The van der Waals surface area contributed by atoms with Crippen LogP contribution in [-0.4, -0.2) is 96.7 Å². The molecule has 3 N–H and O–H groups in total. The Hall–Kier alpha value is -2.46. The minimum Gasteiger partial charge on any atom is -0.462 e. The van der Waals surface area contributed by atoms with Crippen molar-refractivity contribution in [3.05, 3.63) is 24.3 Å². The summed E-state index contributed by atoms with van der Waals surface area (Å²) in [6.45, 7) is 9.47. The zero-order chi connectivity index (χ0) is 67.2. The zero-order valence-corrected chi connectivity index (χ0v) is 60.4. The van der Waals surface area contributed by atoms with Gasteiger partial charge in [0.15, 0.2) is 12.2 Å². The molecule has 0 heterocycles. The Morgan fingerprint density at radius 3 is 0.901 bits per heavy atom. The first-order valence-corrected chi connectivity index (χ1v) is 39.8. The molecule has 0 amide bonds. The first-order chi connectivity index (χ1) is 43.9. The highest BCUT2D eigenvalue weighted by molar-refractivity contribution is 7.47. The summed E-state index contributed by atoms with van der Waals surface area (Å²) in [5, 5.41) is 10.6. The summed E-state index contributed by atoms with van der Waals surface area (Å²) in [6, 6.07) is 0. The number of carbonyl (C=O) groups is 4. The average Bonchev–Trinajstić information content (AvgIpc) is 3.38. The zero-order valence-electron chi connectivity index (χ0n) is 58.6. The highest BCUT2D eigenvalue weighted by Gasteiger charge is 2.30. The summed E-state index contributed by atoms with van der Waals surface area (Å²) in [6.07, 6.45) is 52.1. The summed E-state index contributed by atoms with van der Waals surface area (Å²) in [5.41, 5.74) is 0. The van der Waals surface area contributed by atoms with E-state index in [-0.39, 0.29) is 25.7 Å². The summed E-state index contributed by atoms with van der Waals surface area (Å²) < 4.78 is 68.3. The van der Waals surface area contributed by atoms with Gasteiger partial charge in [-0.05, 0) is 63.2 Å². The van der Waals surface area contributed by atoms with Crippen LogP contribution < -0.4 is 0 Å². The van der Waals surface area contributed by atoms with Gasteiger partial charge in [0, 0.05) is 25.7 Å². The van der Waals surface area contributed by atoms with Crippen molar-refractivity contribution in [3.8, 4) is 0 Å². The van der Waals surface area contributed by atoms with Gasteiger partial charge in [0.25, 0.3) is 0 Å². The quantitative estimate of drug-likeness (QED) is 0.0169. The molecule has 0 saturated heterocycles. The van der Waals surface area contributed by atoms with Crippen LogP contribution in [0, 0.1) is 11.8 Å². The van der Waals surface area contributed by atoms with Crippen LogP contribution in [0.25, 0.3) is 0 Å². The van der Waals surface area contributed by atoms with Crippen molar-refractivity contribution in [2.75, 3.05) is 39.6 Å². The molecule has 0 rings (SSSR count). The van der Waals surface area contributed by atoms with Crippen LogP contribution in [0.5, 0.6) is 0 Å². The van der Waals surface area contributed by atoms with Gasteiger partial charge in [0.1, 0.15) is 19.3 Å². The number of aliphatic hydroxyl groups is 1. The predicted octanol–water partition coefficient (Wildman–Crippen LogP) is 20.3. The first kappa shape index (κ1) is 88.5. The number of phosphoric acid groups is 2. The van der Waals surface area contributed by atoms with Crippen molar-refractivity contribution in [1.82, 2.24) is 0 Å². The van der Waals surface area contributed by atoms with Crippen LogP contribution in [0.2, 0.25) is 0 Å². The van der Waals surface area contributed by atoms with Crippen molar-refractivity contribution >= 4 is 39.5 Å². The van der Waals surface area contributed by atoms with Crippen molar-refractivity contribution in [3.63, 3.8) is 0 Å². The molecular formula is C72H136O17P2. The summed E-state index contributed by atoms with van der Waals surface area (Å²) >= 11 is 0. The van der Waals surface area contributed by atoms with Crippen molar-refractivity contribution < 1.29 is 80.2 Å².